The summed E-state index contributed by atoms with van der Waals surface area (Å²) in [4.78, 5) is 24.5. The van der Waals surface area contributed by atoms with E-state index in [1.807, 2.05) is 31.2 Å². The van der Waals surface area contributed by atoms with E-state index in [1.54, 1.807) is 7.11 Å². The number of ether oxygens (including phenoxy) is 1. The van der Waals surface area contributed by atoms with Crippen molar-refractivity contribution in [2.75, 3.05) is 7.11 Å². The highest BCUT2D eigenvalue weighted by Crippen LogP contribution is 2.32. The molecule has 1 fully saturated rings. The molecule has 0 N–H and O–H groups in total. The van der Waals surface area contributed by atoms with Crippen LogP contribution in [0.3, 0.4) is 0 Å². The van der Waals surface area contributed by atoms with Gasteiger partial charge in [-0.2, -0.15) is 0 Å². The fraction of sp³-hybridized carbons (Fsp3) is 0.250. The minimum atomic E-state index is -0.577. The Bertz CT molecular complexity index is 1030. The molecular formula is C24H22O3. The normalized spacial score (nSPS) is 15.3. The maximum absolute atomic E-state index is 12.2. The summed E-state index contributed by atoms with van der Waals surface area (Å²) < 4.78 is 5.34. The lowest BCUT2D eigenvalue weighted by molar-refractivity contribution is -0.131. The Morgan fingerprint density at radius 1 is 0.815 bits per heavy atom. The quantitative estimate of drug-likeness (QED) is 0.602. The lowest BCUT2D eigenvalue weighted by atomic mass is 9.81. The van der Waals surface area contributed by atoms with Crippen LogP contribution < -0.4 is 4.74 Å². The third-order valence-corrected chi connectivity index (χ3v) is 5.42. The van der Waals surface area contributed by atoms with E-state index in [2.05, 4.69) is 30.3 Å². The average molecular weight is 358 g/mol. The van der Waals surface area contributed by atoms with Crippen molar-refractivity contribution in [2.24, 2.45) is 0 Å². The average Bonchev–Trinajstić information content (AvgIpc) is 2.67. The first-order valence-electron chi connectivity index (χ1n) is 9.31. The topological polar surface area (TPSA) is 43.4 Å². The van der Waals surface area contributed by atoms with Crippen molar-refractivity contribution in [3.63, 3.8) is 0 Å². The summed E-state index contributed by atoms with van der Waals surface area (Å²) >= 11 is 0. The van der Waals surface area contributed by atoms with Crippen LogP contribution in [0.2, 0.25) is 0 Å². The molecule has 0 aliphatic heterocycles. The Morgan fingerprint density at radius 2 is 1.44 bits per heavy atom. The van der Waals surface area contributed by atoms with E-state index in [-0.39, 0.29) is 11.6 Å². The van der Waals surface area contributed by atoms with Crippen molar-refractivity contribution in [1.82, 2.24) is 0 Å². The molecular weight excluding hydrogens is 336 g/mol. The van der Waals surface area contributed by atoms with Gasteiger partial charge < -0.3 is 4.74 Å². The SMILES string of the molecule is COc1ccc(-c2ccc3cc(C4C(=O)CCCC4=O)ccc3c2)cc1C. The summed E-state index contributed by atoms with van der Waals surface area (Å²) in [6, 6.07) is 18.4. The first-order valence-corrected chi connectivity index (χ1v) is 9.31. The monoisotopic (exact) mass is 358 g/mol. The van der Waals surface area contributed by atoms with Gasteiger partial charge in [0.05, 0.1) is 7.11 Å². The van der Waals surface area contributed by atoms with Crippen molar-refractivity contribution < 1.29 is 14.3 Å². The highest BCUT2D eigenvalue weighted by molar-refractivity contribution is 6.09. The summed E-state index contributed by atoms with van der Waals surface area (Å²) in [5.74, 6) is 0.407. The summed E-state index contributed by atoms with van der Waals surface area (Å²) in [6.07, 6.45) is 1.70. The Hall–Kier alpha value is -2.94. The minimum absolute atomic E-state index is 0.0518. The number of carbonyl (C=O) groups excluding carboxylic acids is 2. The van der Waals surface area contributed by atoms with E-state index in [1.165, 1.54) is 0 Å². The maximum atomic E-state index is 12.2. The Labute approximate surface area is 159 Å². The number of hydrogen-bond acceptors (Lipinski definition) is 3. The lowest BCUT2D eigenvalue weighted by Gasteiger charge is -2.20. The van der Waals surface area contributed by atoms with Gasteiger partial charge in [-0.3, -0.25) is 9.59 Å². The number of hydrogen-bond donors (Lipinski definition) is 0. The summed E-state index contributed by atoms with van der Waals surface area (Å²) in [5, 5.41) is 2.15. The molecule has 3 aromatic rings. The highest BCUT2D eigenvalue weighted by Gasteiger charge is 2.31. The predicted molar refractivity (Wildman–Crippen MR) is 107 cm³/mol. The van der Waals surface area contributed by atoms with E-state index in [0.717, 1.165) is 38.8 Å². The second kappa shape index (κ2) is 6.99. The van der Waals surface area contributed by atoms with Gasteiger partial charge in [0, 0.05) is 12.8 Å². The molecule has 136 valence electrons. The minimum Gasteiger partial charge on any atom is -0.496 e. The van der Waals surface area contributed by atoms with Crippen LogP contribution in [0.1, 0.15) is 36.3 Å². The largest absolute Gasteiger partial charge is 0.496 e. The molecule has 27 heavy (non-hydrogen) atoms. The van der Waals surface area contributed by atoms with Crippen molar-refractivity contribution in [1.29, 1.82) is 0 Å². The zero-order chi connectivity index (χ0) is 19.0. The maximum Gasteiger partial charge on any atom is 0.147 e. The van der Waals surface area contributed by atoms with Crippen LogP contribution in [0.4, 0.5) is 0 Å². The number of carbonyl (C=O) groups is 2. The number of rotatable bonds is 3. The zero-order valence-electron chi connectivity index (χ0n) is 15.6. The molecule has 3 aromatic carbocycles. The van der Waals surface area contributed by atoms with Crippen LogP contribution in [-0.2, 0) is 9.59 Å². The van der Waals surface area contributed by atoms with Crippen molar-refractivity contribution in [3.8, 4) is 16.9 Å². The number of ketones is 2. The van der Waals surface area contributed by atoms with Crippen LogP contribution >= 0.6 is 0 Å². The fourth-order valence-electron chi connectivity index (χ4n) is 3.96. The van der Waals surface area contributed by atoms with Crippen LogP contribution in [-0.4, -0.2) is 18.7 Å². The molecule has 0 unspecified atom stereocenters. The smallest absolute Gasteiger partial charge is 0.147 e. The Balaban J connectivity index is 1.71. The number of methoxy groups -OCH3 is 1. The van der Waals surface area contributed by atoms with Gasteiger partial charge >= 0.3 is 0 Å². The van der Waals surface area contributed by atoms with Crippen molar-refractivity contribution in [3.05, 3.63) is 65.7 Å². The van der Waals surface area contributed by atoms with Crippen LogP contribution in [0.5, 0.6) is 5.75 Å². The lowest BCUT2D eigenvalue weighted by Crippen LogP contribution is -2.26. The van der Waals surface area contributed by atoms with E-state index < -0.39 is 5.92 Å². The molecule has 3 nitrogen and oxygen atoms in total. The van der Waals surface area contributed by atoms with Crippen molar-refractivity contribution in [2.45, 2.75) is 32.1 Å². The second-order valence-electron chi connectivity index (χ2n) is 7.22. The van der Waals surface area contributed by atoms with Gasteiger partial charge in [-0.15, -0.1) is 0 Å². The van der Waals surface area contributed by atoms with Gasteiger partial charge in [-0.05, 0) is 70.6 Å². The molecule has 3 heteroatoms. The van der Waals surface area contributed by atoms with Crippen LogP contribution in [0.15, 0.2) is 54.6 Å². The number of fused-ring (bicyclic) bond motifs is 1. The predicted octanol–water partition coefficient (Wildman–Crippen LogP) is 5.23. The number of benzene rings is 3. The molecule has 1 saturated carbocycles. The number of Topliss-reactive ketones (excluding diaryl/α,β-unsaturated/α-hetero) is 2. The first kappa shape index (κ1) is 17.5. The van der Waals surface area contributed by atoms with Gasteiger partial charge in [-0.25, -0.2) is 0 Å². The molecule has 0 heterocycles. The van der Waals surface area contributed by atoms with E-state index in [0.29, 0.717) is 19.3 Å². The zero-order valence-corrected chi connectivity index (χ0v) is 15.6. The van der Waals surface area contributed by atoms with Gasteiger partial charge in [0.15, 0.2) is 0 Å². The van der Waals surface area contributed by atoms with Gasteiger partial charge in [0.25, 0.3) is 0 Å². The molecule has 0 spiro atoms. The Morgan fingerprint density at radius 3 is 2.15 bits per heavy atom. The van der Waals surface area contributed by atoms with Gasteiger partial charge in [0.2, 0.25) is 0 Å². The fourth-order valence-corrected chi connectivity index (χ4v) is 3.96. The first-order chi connectivity index (χ1) is 13.1. The molecule has 1 aliphatic rings. The number of aryl methyl sites for hydroxylation is 1. The highest BCUT2D eigenvalue weighted by atomic mass is 16.5. The molecule has 4 rings (SSSR count). The van der Waals surface area contributed by atoms with E-state index in [9.17, 15) is 9.59 Å². The summed E-state index contributed by atoms with van der Waals surface area (Å²) in [6.45, 7) is 2.04. The van der Waals surface area contributed by atoms with Crippen molar-refractivity contribution >= 4 is 22.3 Å². The molecule has 0 radical (unpaired) electrons. The summed E-state index contributed by atoms with van der Waals surface area (Å²) in [5.41, 5.74) is 4.19. The van der Waals surface area contributed by atoms with Crippen LogP contribution in [0, 0.1) is 6.92 Å². The molecule has 0 saturated heterocycles. The molecule has 0 aromatic heterocycles. The molecule has 0 amide bonds. The standard InChI is InChI=1S/C24H22O3/c1-15-12-16(10-11-23(15)27-2)17-6-7-19-14-20(9-8-18(19)13-17)24-21(25)4-3-5-22(24)26/h6-14,24H,3-5H2,1-2H3. The van der Waals surface area contributed by atoms with Crippen LogP contribution in [0.25, 0.3) is 21.9 Å². The van der Waals surface area contributed by atoms with Gasteiger partial charge in [0.1, 0.15) is 23.2 Å². The Kier molecular flexibility index (Phi) is 4.53. The molecule has 0 bridgehead atoms. The van der Waals surface area contributed by atoms with E-state index in [4.69, 9.17) is 4.74 Å². The second-order valence-corrected chi connectivity index (χ2v) is 7.22. The van der Waals surface area contributed by atoms with Gasteiger partial charge in [-0.1, -0.05) is 30.3 Å². The molecule has 0 atom stereocenters. The third-order valence-electron chi connectivity index (χ3n) is 5.42. The third kappa shape index (κ3) is 3.25. The summed E-state index contributed by atoms with van der Waals surface area (Å²) in [7, 11) is 1.68. The molecule has 1 aliphatic carbocycles. The van der Waals surface area contributed by atoms with E-state index >= 15 is 0 Å².